The molecule has 0 aromatic carbocycles. The molecular formula is C11H21NO3S2Zn+2. The van der Waals surface area contributed by atoms with Gasteiger partial charge in [0.2, 0.25) is 5.91 Å². The van der Waals surface area contributed by atoms with Crippen LogP contribution in [0.1, 0.15) is 38.5 Å². The zero-order valence-corrected chi connectivity index (χ0v) is 15.4. The van der Waals surface area contributed by atoms with Gasteiger partial charge < -0.3 is 10.4 Å². The van der Waals surface area contributed by atoms with E-state index in [1.165, 1.54) is 0 Å². The van der Waals surface area contributed by atoms with Gasteiger partial charge in [-0.25, -0.2) is 0 Å². The molecule has 0 rings (SSSR count). The molecule has 0 aromatic heterocycles. The van der Waals surface area contributed by atoms with E-state index in [-0.39, 0.29) is 38.4 Å². The number of unbranched alkanes of at least 4 members (excludes halogenated alkanes) is 1. The number of carboxylic acids is 1. The Kier molecular flexibility index (Phi) is 15.7. The largest absolute Gasteiger partial charge is 2.00 e. The Morgan fingerprint density at radius 2 is 1.83 bits per heavy atom. The van der Waals surface area contributed by atoms with E-state index in [9.17, 15) is 9.59 Å². The number of thiol groups is 2. The Labute approximate surface area is 132 Å². The fourth-order valence-electron chi connectivity index (χ4n) is 1.36. The summed E-state index contributed by atoms with van der Waals surface area (Å²) in [5.74, 6) is -0.129. The number of carboxylic acid groups (broad SMARTS) is 1. The van der Waals surface area contributed by atoms with Crippen molar-refractivity contribution in [1.82, 2.24) is 5.32 Å². The Bertz CT molecular complexity index is 242. The predicted molar refractivity (Wildman–Crippen MR) is 75.0 cm³/mol. The summed E-state index contributed by atoms with van der Waals surface area (Å²) in [5, 5.41) is 11.3. The molecule has 0 fully saturated rings. The maximum atomic E-state index is 11.3. The molecule has 18 heavy (non-hydrogen) atoms. The second-order valence-electron chi connectivity index (χ2n) is 3.91. The van der Waals surface area contributed by atoms with Crippen molar-refractivity contribution in [2.45, 2.75) is 43.8 Å². The van der Waals surface area contributed by atoms with E-state index >= 15 is 0 Å². The molecule has 0 aliphatic carbocycles. The van der Waals surface area contributed by atoms with Crippen LogP contribution in [0.4, 0.5) is 0 Å². The molecule has 4 nitrogen and oxygen atoms in total. The number of carbonyl (C=O) groups excluding carboxylic acids is 1. The summed E-state index contributed by atoms with van der Waals surface area (Å²) in [5.41, 5.74) is 0. The minimum Gasteiger partial charge on any atom is -0.481 e. The van der Waals surface area contributed by atoms with Gasteiger partial charge in [0.25, 0.3) is 0 Å². The molecule has 0 bridgehead atoms. The van der Waals surface area contributed by atoms with Gasteiger partial charge in [-0.05, 0) is 25.0 Å². The van der Waals surface area contributed by atoms with Crippen LogP contribution in [0.2, 0.25) is 0 Å². The molecule has 100 valence electrons. The second kappa shape index (κ2) is 13.7. The Morgan fingerprint density at radius 3 is 2.39 bits per heavy atom. The van der Waals surface area contributed by atoms with Crippen LogP contribution >= 0.6 is 25.3 Å². The van der Waals surface area contributed by atoms with Gasteiger partial charge in [0.15, 0.2) is 0 Å². The molecule has 0 aliphatic rings. The Morgan fingerprint density at radius 1 is 1.17 bits per heavy atom. The third-order valence-corrected chi connectivity index (χ3v) is 3.09. The molecule has 1 unspecified atom stereocenters. The van der Waals surface area contributed by atoms with E-state index in [0.29, 0.717) is 11.7 Å². The molecular weight excluding hydrogens is 324 g/mol. The van der Waals surface area contributed by atoms with Crippen molar-refractivity contribution >= 4 is 37.1 Å². The average Bonchev–Trinajstić information content (AvgIpc) is 2.24. The van der Waals surface area contributed by atoms with Crippen molar-refractivity contribution in [3.8, 4) is 0 Å². The van der Waals surface area contributed by atoms with Crippen molar-refractivity contribution in [2.24, 2.45) is 0 Å². The SMILES string of the molecule is O=C(O)CCNC(=O)CCCCC(S)CCS.[Zn+2]. The van der Waals surface area contributed by atoms with Crippen molar-refractivity contribution in [3.63, 3.8) is 0 Å². The molecule has 0 aromatic rings. The summed E-state index contributed by atoms with van der Waals surface area (Å²) >= 11 is 8.53. The van der Waals surface area contributed by atoms with Gasteiger partial charge in [-0.2, -0.15) is 25.3 Å². The number of nitrogens with one attached hydrogen (secondary N) is 1. The summed E-state index contributed by atoms with van der Waals surface area (Å²) in [4.78, 5) is 21.5. The van der Waals surface area contributed by atoms with Crippen molar-refractivity contribution in [1.29, 1.82) is 0 Å². The summed E-state index contributed by atoms with van der Waals surface area (Å²) in [6.07, 6.45) is 4.20. The average molecular weight is 345 g/mol. The number of amides is 1. The van der Waals surface area contributed by atoms with E-state index in [4.69, 9.17) is 5.11 Å². The van der Waals surface area contributed by atoms with Gasteiger partial charge in [0.05, 0.1) is 6.42 Å². The number of hydrogen-bond acceptors (Lipinski definition) is 4. The van der Waals surface area contributed by atoms with Crippen LogP contribution in [-0.4, -0.2) is 34.5 Å². The molecule has 7 heteroatoms. The van der Waals surface area contributed by atoms with E-state index in [0.717, 1.165) is 31.4 Å². The fourth-order valence-corrected chi connectivity index (χ4v) is 2.18. The third kappa shape index (κ3) is 14.3. The van der Waals surface area contributed by atoms with Gasteiger partial charge in [0, 0.05) is 18.2 Å². The van der Waals surface area contributed by atoms with E-state index in [2.05, 4.69) is 30.6 Å². The topological polar surface area (TPSA) is 66.4 Å². The van der Waals surface area contributed by atoms with Crippen LogP contribution in [0.25, 0.3) is 0 Å². The number of hydrogen-bond donors (Lipinski definition) is 4. The molecule has 1 amide bonds. The van der Waals surface area contributed by atoms with Crippen molar-refractivity contribution < 1.29 is 34.2 Å². The monoisotopic (exact) mass is 343 g/mol. The number of aliphatic carboxylic acids is 1. The summed E-state index contributed by atoms with van der Waals surface area (Å²) in [6, 6.07) is 0. The first-order chi connectivity index (χ1) is 8.06. The molecule has 1 atom stereocenters. The maximum absolute atomic E-state index is 11.3. The zero-order chi connectivity index (χ0) is 13.1. The van der Waals surface area contributed by atoms with Gasteiger partial charge in [-0.15, -0.1) is 0 Å². The quantitative estimate of drug-likeness (QED) is 0.277. The van der Waals surface area contributed by atoms with Crippen molar-refractivity contribution in [3.05, 3.63) is 0 Å². The predicted octanol–water partition coefficient (Wildman–Crippen LogP) is 1.75. The third-order valence-electron chi connectivity index (χ3n) is 2.31. The molecule has 0 spiro atoms. The van der Waals surface area contributed by atoms with Gasteiger partial charge in [-0.1, -0.05) is 6.42 Å². The van der Waals surface area contributed by atoms with Gasteiger partial charge >= 0.3 is 25.4 Å². The number of carbonyl (C=O) groups is 2. The first-order valence-electron chi connectivity index (χ1n) is 5.83. The Balaban J connectivity index is 0. The second-order valence-corrected chi connectivity index (χ2v) is 5.08. The molecule has 0 aliphatic heterocycles. The summed E-state index contributed by atoms with van der Waals surface area (Å²) < 4.78 is 0. The zero-order valence-electron chi connectivity index (χ0n) is 10.6. The Hall–Kier alpha value is 0.263. The van der Waals surface area contributed by atoms with E-state index in [1.54, 1.807) is 0 Å². The first-order valence-corrected chi connectivity index (χ1v) is 6.98. The minimum absolute atomic E-state index is 0. The molecule has 2 N–H and O–H groups in total. The van der Waals surface area contributed by atoms with E-state index in [1.807, 2.05) is 0 Å². The smallest absolute Gasteiger partial charge is 0.481 e. The van der Waals surface area contributed by atoms with Crippen molar-refractivity contribution in [2.75, 3.05) is 12.3 Å². The maximum Gasteiger partial charge on any atom is 2.00 e. The van der Waals surface area contributed by atoms with Crippen LogP contribution in [0, 0.1) is 0 Å². The van der Waals surface area contributed by atoms with Crippen LogP contribution in [-0.2, 0) is 29.1 Å². The molecule has 0 saturated carbocycles. The van der Waals surface area contributed by atoms with Crippen LogP contribution in [0.5, 0.6) is 0 Å². The molecule has 0 heterocycles. The van der Waals surface area contributed by atoms with Crippen LogP contribution < -0.4 is 5.32 Å². The standard InChI is InChI=1S/C11H21NO3S2.Zn/c13-10(12-7-5-11(14)15)4-2-1-3-9(17)6-8-16;/h9,16-17H,1-8H2,(H,12,13)(H,14,15);/q;+2. The van der Waals surface area contributed by atoms with Crippen LogP contribution in [0.15, 0.2) is 0 Å². The molecule has 0 radical (unpaired) electrons. The fraction of sp³-hybridized carbons (Fsp3) is 0.818. The normalized spacial score (nSPS) is 11.4. The summed E-state index contributed by atoms with van der Waals surface area (Å²) in [7, 11) is 0. The minimum atomic E-state index is -0.894. The van der Waals surface area contributed by atoms with E-state index < -0.39 is 5.97 Å². The number of rotatable bonds is 10. The first kappa shape index (κ1) is 20.6. The van der Waals surface area contributed by atoms with Gasteiger partial charge in [-0.3, -0.25) is 9.59 Å². The van der Waals surface area contributed by atoms with Gasteiger partial charge in [0.1, 0.15) is 0 Å². The molecule has 0 saturated heterocycles. The van der Waals surface area contributed by atoms with Crippen LogP contribution in [0.3, 0.4) is 0 Å². The summed E-state index contributed by atoms with van der Waals surface area (Å²) in [6.45, 7) is 0.211.